The number of carboxylic acid groups (broad SMARTS) is 2. The standard InChI is InChI=1S/C16H29NO5/c1-2-3-4-5-6-7-10-17(13-14-18,11-8-15(19)20)12-9-16(21)22/h5-6,18H,2-4,7-14H2,1H3,(H-,19,20,21,22)/b6-5+. The molecule has 6 heteroatoms. The molecule has 128 valence electrons. The molecule has 2 N–H and O–H groups in total. The second kappa shape index (κ2) is 12.2. The van der Waals surface area contributed by atoms with Crippen molar-refractivity contribution in [2.45, 2.75) is 45.4 Å². The first-order valence-electron chi connectivity index (χ1n) is 7.98. The van der Waals surface area contributed by atoms with Gasteiger partial charge in [0, 0.05) is 18.8 Å². The van der Waals surface area contributed by atoms with E-state index in [4.69, 9.17) is 5.11 Å². The summed E-state index contributed by atoms with van der Waals surface area (Å²) in [5.41, 5.74) is 0. The molecule has 0 aromatic rings. The minimum Gasteiger partial charge on any atom is -0.550 e. The summed E-state index contributed by atoms with van der Waals surface area (Å²) in [6.07, 6.45) is 8.04. The second-order valence-electron chi connectivity index (χ2n) is 5.63. The summed E-state index contributed by atoms with van der Waals surface area (Å²) >= 11 is 0. The maximum atomic E-state index is 10.8. The summed E-state index contributed by atoms with van der Waals surface area (Å²) in [6.45, 7) is 3.65. The molecule has 0 fully saturated rings. The molecule has 0 aliphatic rings. The molecule has 1 atom stereocenters. The highest BCUT2D eigenvalue weighted by Crippen LogP contribution is 2.12. The van der Waals surface area contributed by atoms with E-state index in [1.165, 1.54) is 0 Å². The molecule has 6 nitrogen and oxygen atoms in total. The van der Waals surface area contributed by atoms with Crippen molar-refractivity contribution in [1.29, 1.82) is 0 Å². The SMILES string of the molecule is CCCC/C=C/CC[N+](CCO)(CCC(=O)[O-])CCC(=O)O. The smallest absolute Gasteiger partial charge is 0.309 e. The maximum Gasteiger partial charge on any atom is 0.309 e. The van der Waals surface area contributed by atoms with Crippen LogP contribution in [0.2, 0.25) is 0 Å². The van der Waals surface area contributed by atoms with Crippen LogP contribution in [0.15, 0.2) is 12.2 Å². The normalized spacial score (nSPS) is 14.1. The van der Waals surface area contributed by atoms with Gasteiger partial charge in [0.05, 0.1) is 32.7 Å². The van der Waals surface area contributed by atoms with Crippen LogP contribution in [0.25, 0.3) is 0 Å². The number of nitrogens with zero attached hydrogens (tertiary/aromatic N) is 1. The van der Waals surface area contributed by atoms with E-state index < -0.39 is 11.9 Å². The van der Waals surface area contributed by atoms with E-state index in [9.17, 15) is 19.8 Å². The lowest BCUT2D eigenvalue weighted by atomic mass is 10.2. The molecule has 0 bridgehead atoms. The number of hydrogen-bond donors (Lipinski definition) is 2. The first kappa shape index (κ1) is 20.6. The van der Waals surface area contributed by atoms with E-state index in [0.29, 0.717) is 30.7 Å². The molecule has 0 aromatic carbocycles. The summed E-state index contributed by atoms with van der Waals surface area (Å²) < 4.78 is 0.300. The van der Waals surface area contributed by atoms with Gasteiger partial charge in [-0.05, 0) is 6.42 Å². The number of aliphatic carboxylic acids is 2. The Morgan fingerprint density at radius 2 is 1.68 bits per heavy atom. The van der Waals surface area contributed by atoms with Gasteiger partial charge in [0.1, 0.15) is 6.54 Å². The quantitative estimate of drug-likeness (QED) is 0.277. The van der Waals surface area contributed by atoms with Crippen molar-refractivity contribution in [1.82, 2.24) is 0 Å². The topological polar surface area (TPSA) is 97.7 Å². The van der Waals surface area contributed by atoms with Crippen molar-refractivity contribution in [3.05, 3.63) is 12.2 Å². The van der Waals surface area contributed by atoms with E-state index in [-0.39, 0.29) is 19.4 Å². The van der Waals surface area contributed by atoms with Crippen LogP contribution in [0, 0.1) is 0 Å². The van der Waals surface area contributed by atoms with Gasteiger partial charge >= 0.3 is 5.97 Å². The zero-order valence-corrected chi connectivity index (χ0v) is 13.5. The van der Waals surface area contributed by atoms with Gasteiger partial charge in [0.25, 0.3) is 0 Å². The zero-order valence-electron chi connectivity index (χ0n) is 13.5. The molecule has 0 saturated heterocycles. The van der Waals surface area contributed by atoms with Gasteiger partial charge in [-0.3, -0.25) is 4.79 Å². The van der Waals surface area contributed by atoms with E-state index in [2.05, 4.69) is 19.1 Å². The molecule has 0 radical (unpaired) electrons. The number of rotatable bonds is 14. The predicted molar refractivity (Wildman–Crippen MR) is 82.0 cm³/mol. The van der Waals surface area contributed by atoms with Gasteiger partial charge < -0.3 is 24.6 Å². The molecule has 1 unspecified atom stereocenters. The number of aliphatic hydroxyl groups is 1. The Hall–Kier alpha value is -1.40. The largest absolute Gasteiger partial charge is 0.550 e. The molecule has 0 amide bonds. The molecule has 0 aliphatic carbocycles. The fourth-order valence-electron chi connectivity index (χ4n) is 2.45. The lowest BCUT2D eigenvalue weighted by Crippen LogP contribution is -2.53. The molecule has 0 rings (SSSR count). The first-order valence-corrected chi connectivity index (χ1v) is 7.98. The first-order chi connectivity index (χ1) is 10.5. The van der Waals surface area contributed by atoms with Gasteiger partial charge in [-0.2, -0.15) is 0 Å². The lowest BCUT2D eigenvalue weighted by molar-refractivity contribution is -0.927. The molecular formula is C16H29NO5. The Balaban J connectivity index is 4.65. The monoisotopic (exact) mass is 315 g/mol. The summed E-state index contributed by atoms with van der Waals surface area (Å²) in [6, 6.07) is 0. The molecular weight excluding hydrogens is 286 g/mol. The zero-order chi connectivity index (χ0) is 16.8. The van der Waals surface area contributed by atoms with Crippen molar-refractivity contribution >= 4 is 11.9 Å². The highest BCUT2D eigenvalue weighted by Gasteiger charge is 2.26. The number of aliphatic hydroxyl groups excluding tert-OH is 1. The van der Waals surface area contributed by atoms with Crippen molar-refractivity contribution < 1.29 is 29.4 Å². The highest BCUT2D eigenvalue weighted by atomic mass is 16.4. The lowest BCUT2D eigenvalue weighted by Gasteiger charge is -2.38. The van der Waals surface area contributed by atoms with Crippen LogP contribution in [-0.2, 0) is 9.59 Å². The third-order valence-corrected chi connectivity index (χ3v) is 3.83. The van der Waals surface area contributed by atoms with Gasteiger partial charge in [-0.1, -0.05) is 31.9 Å². The number of carboxylic acids is 2. The van der Waals surface area contributed by atoms with Crippen molar-refractivity contribution in [2.24, 2.45) is 0 Å². The highest BCUT2D eigenvalue weighted by molar-refractivity contribution is 5.66. The predicted octanol–water partition coefficient (Wildman–Crippen LogP) is 0.547. The van der Waals surface area contributed by atoms with E-state index in [1.807, 2.05) is 0 Å². The molecule has 0 saturated carbocycles. The van der Waals surface area contributed by atoms with Gasteiger partial charge in [-0.25, -0.2) is 0 Å². The van der Waals surface area contributed by atoms with E-state index in [0.717, 1.165) is 25.7 Å². The summed E-state index contributed by atoms with van der Waals surface area (Å²) in [4.78, 5) is 21.5. The van der Waals surface area contributed by atoms with Crippen LogP contribution in [0.5, 0.6) is 0 Å². The van der Waals surface area contributed by atoms with Crippen LogP contribution < -0.4 is 5.11 Å². The molecule has 22 heavy (non-hydrogen) atoms. The minimum atomic E-state index is -1.14. The maximum absolute atomic E-state index is 10.8. The van der Waals surface area contributed by atoms with E-state index >= 15 is 0 Å². The van der Waals surface area contributed by atoms with Crippen molar-refractivity contribution in [3.63, 3.8) is 0 Å². The summed E-state index contributed by atoms with van der Waals surface area (Å²) in [5.74, 6) is -2.05. The average molecular weight is 315 g/mol. The Labute approximate surface area is 132 Å². The Bertz CT molecular complexity index is 336. The molecule has 0 heterocycles. The number of allylic oxidation sites excluding steroid dienone is 1. The third-order valence-electron chi connectivity index (χ3n) is 3.83. The fourth-order valence-corrected chi connectivity index (χ4v) is 2.45. The average Bonchev–Trinajstić information content (AvgIpc) is 2.46. The second-order valence-corrected chi connectivity index (χ2v) is 5.63. The minimum absolute atomic E-state index is 0.0351. The summed E-state index contributed by atoms with van der Waals surface area (Å²) in [7, 11) is 0. The number of carbonyl (C=O) groups is 2. The Kier molecular flexibility index (Phi) is 11.4. The van der Waals surface area contributed by atoms with Crippen molar-refractivity contribution in [3.8, 4) is 0 Å². The number of unbranched alkanes of at least 4 members (excludes halogenated alkanes) is 2. The fraction of sp³-hybridized carbons (Fsp3) is 0.750. The van der Waals surface area contributed by atoms with Crippen LogP contribution in [0.1, 0.15) is 45.4 Å². The van der Waals surface area contributed by atoms with Gasteiger partial charge in [0.15, 0.2) is 0 Å². The molecule has 0 spiro atoms. The number of carbonyl (C=O) groups excluding carboxylic acids is 1. The Morgan fingerprint density at radius 3 is 2.23 bits per heavy atom. The van der Waals surface area contributed by atoms with Crippen LogP contribution >= 0.6 is 0 Å². The van der Waals surface area contributed by atoms with E-state index in [1.54, 1.807) is 0 Å². The number of quaternary nitrogens is 1. The van der Waals surface area contributed by atoms with Crippen LogP contribution in [0.4, 0.5) is 0 Å². The van der Waals surface area contributed by atoms with Gasteiger partial charge in [-0.15, -0.1) is 0 Å². The van der Waals surface area contributed by atoms with Gasteiger partial charge in [0.2, 0.25) is 0 Å². The Morgan fingerprint density at radius 1 is 1.05 bits per heavy atom. The summed E-state index contributed by atoms with van der Waals surface area (Å²) in [5, 5.41) is 28.9. The van der Waals surface area contributed by atoms with Crippen LogP contribution in [-0.4, -0.2) is 59.4 Å². The van der Waals surface area contributed by atoms with Crippen molar-refractivity contribution in [2.75, 3.05) is 32.8 Å². The molecule has 0 aromatic heterocycles. The molecule has 0 aliphatic heterocycles. The van der Waals surface area contributed by atoms with Crippen LogP contribution in [0.3, 0.4) is 0 Å². The third kappa shape index (κ3) is 10.3. The number of hydrogen-bond acceptors (Lipinski definition) is 4.